The second-order valence-corrected chi connectivity index (χ2v) is 6.12. The summed E-state index contributed by atoms with van der Waals surface area (Å²) in [5.41, 5.74) is 0.771. The zero-order chi connectivity index (χ0) is 16.3. The largest absolute Gasteiger partial charge is 0.494 e. The van der Waals surface area contributed by atoms with Crippen LogP contribution in [0.15, 0.2) is 18.2 Å². The third-order valence-corrected chi connectivity index (χ3v) is 4.11. The van der Waals surface area contributed by atoms with E-state index in [1.54, 1.807) is 18.2 Å². The van der Waals surface area contributed by atoms with Gasteiger partial charge in [0.05, 0.1) is 18.0 Å². The van der Waals surface area contributed by atoms with Gasteiger partial charge in [-0.05, 0) is 24.1 Å². The molecular weight excluding hydrogens is 468 g/mol. The first-order valence-electron chi connectivity index (χ1n) is 6.71. The molecule has 0 saturated heterocycles. The molecule has 1 aromatic rings. The van der Waals surface area contributed by atoms with Crippen molar-refractivity contribution in [3.63, 3.8) is 0 Å². The Morgan fingerprint density at radius 3 is 2.78 bits per heavy atom. The summed E-state index contributed by atoms with van der Waals surface area (Å²) in [5.74, 6) is 0.164. The SMILES string of the molecule is CCOc1ccc(C2=[C-]CC(Br)C(=O)N2CC(F)F)c(Cl)c1.[Y]. The second-order valence-electron chi connectivity index (χ2n) is 4.61. The summed E-state index contributed by atoms with van der Waals surface area (Å²) in [6.07, 6.45) is 0.644. The summed E-state index contributed by atoms with van der Waals surface area (Å²) in [4.78, 5) is 12.6. The number of ether oxygens (including phenoxy) is 1. The third kappa shape index (κ3) is 5.22. The smallest absolute Gasteiger partial charge is 0.256 e. The minimum absolute atomic E-state index is 0. The van der Waals surface area contributed by atoms with Crippen LogP contribution < -0.4 is 4.74 Å². The van der Waals surface area contributed by atoms with Crippen LogP contribution in [-0.4, -0.2) is 35.2 Å². The predicted octanol–water partition coefficient (Wildman–Crippen LogP) is 4.14. The van der Waals surface area contributed by atoms with Crippen molar-refractivity contribution in [1.82, 2.24) is 4.90 Å². The Balaban J connectivity index is 0.00000264. The Morgan fingerprint density at radius 2 is 2.22 bits per heavy atom. The van der Waals surface area contributed by atoms with Crippen LogP contribution in [0.5, 0.6) is 5.75 Å². The van der Waals surface area contributed by atoms with Crippen molar-refractivity contribution in [3.05, 3.63) is 34.9 Å². The molecule has 0 aromatic heterocycles. The van der Waals surface area contributed by atoms with Crippen LogP contribution in [0.3, 0.4) is 0 Å². The van der Waals surface area contributed by atoms with Crippen LogP contribution in [-0.2, 0) is 37.5 Å². The topological polar surface area (TPSA) is 29.5 Å². The molecule has 0 spiro atoms. The monoisotopic (exact) mass is 481 g/mol. The Hall–Kier alpha value is -0.0361. The number of carbonyl (C=O) groups excluding carboxylic acids is 1. The standard InChI is InChI=1S/C15H14BrClF2NO2.Y/c1-2-22-9-3-4-10(12(17)7-9)13-6-5-11(16)15(21)20(13)8-14(18)19;/h3-4,7,11,14H,2,5,8H2,1H3;/q-1;. The van der Waals surface area contributed by atoms with E-state index in [0.29, 0.717) is 29.4 Å². The van der Waals surface area contributed by atoms with E-state index in [9.17, 15) is 13.6 Å². The predicted molar refractivity (Wildman–Crippen MR) is 84.3 cm³/mol. The molecule has 0 N–H and O–H groups in total. The summed E-state index contributed by atoms with van der Waals surface area (Å²) in [6.45, 7) is 1.65. The Labute approximate surface area is 172 Å². The molecule has 123 valence electrons. The van der Waals surface area contributed by atoms with Gasteiger partial charge in [-0.15, -0.1) is 28.9 Å². The van der Waals surface area contributed by atoms with E-state index in [1.807, 2.05) is 6.92 Å². The third-order valence-electron chi connectivity index (χ3n) is 3.08. The quantitative estimate of drug-likeness (QED) is 0.467. The molecule has 0 saturated carbocycles. The van der Waals surface area contributed by atoms with E-state index in [4.69, 9.17) is 16.3 Å². The molecule has 0 aliphatic carbocycles. The number of amides is 1. The van der Waals surface area contributed by atoms with Crippen LogP contribution in [0.1, 0.15) is 18.9 Å². The number of hydrogen-bond acceptors (Lipinski definition) is 2. The molecule has 1 heterocycles. The number of carbonyl (C=O) groups is 1. The fourth-order valence-corrected chi connectivity index (χ4v) is 2.82. The van der Waals surface area contributed by atoms with Crippen molar-refractivity contribution < 1.29 is 51.0 Å². The summed E-state index contributed by atoms with van der Waals surface area (Å²) >= 11 is 9.38. The summed E-state index contributed by atoms with van der Waals surface area (Å²) in [7, 11) is 0. The zero-order valence-corrected chi connectivity index (χ0v) is 17.5. The van der Waals surface area contributed by atoms with Gasteiger partial charge in [-0.2, -0.15) is 0 Å². The molecule has 1 aliphatic heterocycles. The first-order chi connectivity index (χ1) is 10.4. The van der Waals surface area contributed by atoms with Gasteiger partial charge in [0.15, 0.2) is 0 Å². The molecular formula is C15H14BrClF2NO2Y-. The van der Waals surface area contributed by atoms with Crippen molar-refractivity contribution in [2.24, 2.45) is 0 Å². The number of benzene rings is 1. The second kappa shape index (κ2) is 9.45. The molecule has 1 radical (unpaired) electrons. The van der Waals surface area contributed by atoms with Gasteiger partial charge in [0, 0.05) is 32.7 Å². The van der Waals surface area contributed by atoms with Gasteiger partial charge >= 0.3 is 0 Å². The molecule has 3 nitrogen and oxygen atoms in total. The number of halogens is 4. The average Bonchev–Trinajstić information content (AvgIpc) is 2.45. The van der Waals surface area contributed by atoms with Crippen molar-refractivity contribution in [2.75, 3.05) is 13.2 Å². The number of hydrogen-bond donors (Lipinski definition) is 0. The fourth-order valence-electron chi connectivity index (χ4n) is 2.15. The zero-order valence-electron chi connectivity index (χ0n) is 12.4. The number of alkyl halides is 3. The Morgan fingerprint density at radius 1 is 1.52 bits per heavy atom. The van der Waals surface area contributed by atoms with Gasteiger partial charge in [0.25, 0.3) is 6.43 Å². The van der Waals surface area contributed by atoms with Gasteiger partial charge in [-0.1, -0.05) is 22.4 Å². The first-order valence-corrected chi connectivity index (χ1v) is 8.00. The molecule has 23 heavy (non-hydrogen) atoms. The number of allylic oxidation sites excluding steroid dienone is 1. The first kappa shape index (κ1) is 21.0. The molecule has 1 aromatic carbocycles. The minimum atomic E-state index is -2.64. The molecule has 2 rings (SSSR count). The van der Waals surface area contributed by atoms with E-state index in [2.05, 4.69) is 22.0 Å². The summed E-state index contributed by atoms with van der Waals surface area (Å²) in [5, 5.41) is 0.327. The van der Waals surface area contributed by atoms with E-state index < -0.39 is 23.7 Å². The molecule has 8 heteroatoms. The van der Waals surface area contributed by atoms with Crippen LogP contribution in [0.2, 0.25) is 5.02 Å². The summed E-state index contributed by atoms with van der Waals surface area (Å²) in [6, 6.07) is 4.93. The minimum Gasteiger partial charge on any atom is -0.494 e. The van der Waals surface area contributed by atoms with Crippen LogP contribution in [0.25, 0.3) is 5.70 Å². The van der Waals surface area contributed by atoms with E-state index in [1.165, 1.54) is 0 Å². The van der Waals surface area contributed by atoms with Crippen molar-refractivity contribution >= 4 is 39.1 Å². The van der Waals surface area contributed by atoms with Crippen molar-refractivity contribution in [2.45, 2.75) is 24.6 Å². The maximum atomic E-state index is 12.8. The van der Waals surface area contributed by atoms with Crippen molar-refractivity contribution in [3.8, 4) is 5.75 Å². The van der Waals surface area contributed by atoms with Gasteiger partial charge < -0.3 is 9.64 Å². The van der Waals surface area contributed by atoms with Crippen LogP contribution >= 0.6 is 27.5 Å². The van der Waals surface area contributed by atoms with Crippen molar-refractivity contribution in [1.29, 1.82) is 0 Å². The fraction of sp³-hybridized carbons (Fsp3) is 0.400. The van der Waals surface area contributed by atoms with Crippen LogP contribution in [0, 0.1) is 6.08 Å². The molecule has 1 amide bonds. The molecule has 1 unspecified atom stereocenters. The van der Waals surface area contributed by atoms with Gasteiger partial charge in [-0.3, -0.25) is 4.79 Å². The Kier molecular flexibility index (Phi) is 8.63. The van der Waals surface area contributed by atoms with E-state index >= 15 is 0 Å². The van der Waals surface area contributed by atoms with E-state index in [0.717, 1.165) is 4.90 Å². The normalized spacial score (nSPS) is 17.8. The maximum absolute atomic E-state index is 12.8. The molecule has 0 bridgehead atoms. The van der Waals surface area contributed by atoms with Gasteiger partial charge in [0.2, 0.25) is 5.91 Å². The number of nitrogens with zero attached hydrogens (tertiary/aromatic N) is 1. The molecule has 1 atom stereocenters. The molecule has 0 fully saturated rings. The Bertz CT molecular complexity index is 601. The maximum Gasteiger partial charge on any atom is 0.256 e. The van der Waals surface area contributed by atoms with Gasteiger partial charge in [-0.25, -0.2) is 14.9 Å². The van der Waals surface area contributed by atoms with Crippen LogP contribution in [0.4, 0.5) is 8.78 Å². The van der Waals surface area contributed by atoms with E-state index in [-0.39, 0.29) is 38.4 Å². The van der Waals surface area contributed by atoms with Gasteiger partial charge in [0.1, 0.15) is 5.75 Å². The number of rotatable bonds is 5. The molecule has 1 aliphatic rings. The summed E-state index contributed by atoms with van der Waals surface area (Å²) < 4.78 is 30.9. The average molecular weight is 483 g/mol.